The number of para-hydroxylation sites is 2. The molecule has 0 aliphatic rings. The van der Waals surface area contributed by atoms with Crippen LogP contribution in [0.3, 0.4) is 0 Å². The molecule has 0 atom stereocenters. The summed E-state index contributed by atoms with van der Waals surface area (Å²) in [5, 5.41) is 3.33. The summed E-state index contributed by atoms with van der Waals surface area (Å²) in [6.07, 6.45) is 0. The Labute approximate surface area is 133 Å². The number of nitrogens with one attached hydrogen (secondary N) is 1. The molecule has 2 aromatic rings. The molecule has 0 aliphatic heterocycles. The lowest BCUT2D eigenvalue weighted by molar-refractivity contribution is -0.113. The lowest BCUT2D eigenvalue weighted by atomic mass is 10.3. The molecular weight excluding hydrogens is 306 g/mol. The maximum atomic E-state index is 11.8. The van der Waals surface area contributed by atoms with Crippen molar-refractivity contribution in [1.82, 2.24) is 0 Å². The van der Waals surface area contributed by atoms with Gasteiger partial charge in [-0.3, -0.25) is 4.79 Å². The Morgan fingerprint density at radius 2 is 1.81 bits per heavy atom. The molecule has 3 nitrogen and oxygen atoms in total. The summed E-state index contributed by atoms with van der Waals surface area (Å²) in [5.74, 6) is 1.92. The van der Waals surface area contributed by atoms with Crippen LogP contribution in [0.25, 0.3) is 0 Å². The third-order valence-corrected chi connectivity index (χ3v) is 3.87. The molecule has 0 spiro atoms. The monoisotopic (exact) mass is 321 g/mol. The molecule has 0 radical (unpaired) electrons. The quantitative estimate of drug-likeness (QED) is 0.781. The van der Waals surface area contributed by atoms with E-state index >= 15 is 0 Å². The molecule has 0 bridgehead atoms. The smallest absolute Gasteiger partial charge is 0.234 e. The first kappa shape index (κ1) is 15.7. The molecule has 0 fully saturated rings. The van der Waals surface area contributed by atoms with Gasteiger partial charge in [-0.05, 0) is 24.3 Å². The number of hydrogen-bond acceptors (Lipinski definition) is 3. The Balaban J connectivity index is 1.63. The SMILES string of the molecule is O=C(CSCCOc1ccccc1)Nc1ccccc1Cl. The van der Waals surface area contributed by atoms with Gasteiger partial charge in [0.1, 0.15) is 5.75 Å². The summed E-state index contributed by atoms with van der Waals surface area (Å²) < 4.78 is 5.55. The van der Waals surface area contributed by atoms with Gasteiger partial charge in [-0.15, -0.1) is 11.8 Å². The van der Waals surface area contributed by atoms with Crippen LogP contribution in [0, 0.1) is 0 Å². The number of carbonyl (C=O) groups is 1. The summed E-state index contributed by atoms with van der Waals surface area (Å²) in [4.78, 5) is 11.8. The lowest BCUT2D eigenvalue weighted by Gasteiger charge is -2.07. The van der Waals surface area contributed by atoms with E-state index in [0.717, 1.165) is 11.5 Å². The number of rotatable bonds is 7. The van der Waals surface area contributed by atoms with E-state index in [4.69, 9.17) is 16.3 Å². The number of anilines is 1. The van der Waals surface area contributed by atoms with Crippen molar-refractivity contribution < 1.29 is 9.53 Å². The number of benzene rings is 2. The zero-order chi connectivity index (χ0) is 14.9. The van der Waals surface area contributed by atoms with Crippen LogP contribution < -0.4 is 10.1 Å². The van der Waals surface area contributed by atoms with Crippen molar-refractivity contribution in [2.45, 2.75) is 0 Å². The second-order valence-electron chi connectivity index (χ2n) is 4.24. The number of hydrogen-bond donors (Lipinski definition) is 1. The summed E-state index contributed by atoms with van der Waals surface area (Å²) in [6, 6.07) is 16.8. The summed E-state index contributed by atoms with van der Waals surface area (Å²) in [6.45, 7) is 0.577. The fraction of sp³-hybridized carbons (Fsp3) is 0.188. The van der Waals surface area contributed by atoms with Crippen molar-refractivity contribution >= 4 is 35.0 Å². The molecule has 21 heavy (non-hydrogen) atoms. The molecule has 110 valence electrons. The predicted molar refractivity (Wildman–Crippen MR) is 89.3 cm³/mol. The molecule has 0 unspecified atom stereocenters. The Morgan fingerprint density at radius 3 is 2.57 bits per heavy atom. The van der Waals surface area contributed by atoms with Gasteiger partial charge in [0, 0.05) is 5.75 Å². The Morgan fingerprint density at radius 1 is 1.10 bits per heavy atom. The molecule has 0 aromatic heterocycles. The van der Waals surface area contributed by atoms with Crippen LogP contribution >= 0.6 is 23.4 Å². The van der Waals surface area contributed by atoms with Crippen LogP contribution in [0.4, 0.5) is 5.69 Å². The first-order valence-electron chi connectivity index (χ1n) is 6.55. The molecule has 0 saturated carbocycles. The average molecular weight is 322 g/mol. The molecule has 1 amide bonds. The molecular formula is C16H16ClNO2S. The Bertz CT molecular complexity index is 577. The molecule has 1 N–H and O–H groups in total. The van der Waals surface area contributed by atoms with Crippen molar-refractivity contribution in [2.75, 3.05) is 23.4 Å². The van der Waals surface area contributed by atoms with Gasteiger partial charge in [0.15, 0.2) is 0 Å². The van der Waals surface area contributed by atoms with Crippen molar-refractivity contribution in [2.24, 2.45) is 0 Å². The third-order valence-electron chi connectivity index (χ3n) is 2.62. The third kappa shape index (κ3) is 5.69. The fourth-order valence-corrected chi connectivity index (χ4v) is 2.43. The minimum Gasteiger partial charge on any atom is -0.493 e. The minimum atomic E-state index is -0.0622. The van der Waals surface area contributed by atoms with Crippen LogP contribution in [0.2, 0.25) is 5.02 Å². The summed E-state index contributed by atoms with van der Waals surface area (Å²) >= 11 is 7.50. The second-order valence-corrected chi connectivity index (χ2v) is 5.75. The maximum absolute atomic E-state index is 11.8. The molecule has 2 rings (SSSR count). The molecule has 0 aliphatic carbocycles. The largest absolute Gasteiger partial charge is 0.493 e. The van der Waals surface area contributed by atoms with Crippen molar-refractivity contribution in [3.63, 3.8) is 0 Å². The average Bonchev–Trinajstić information content (AvgIpc) is 2.50. The van der Waals surface area contributed by atoms with E-state index in [1.54, 1.807) is 12.1 Å². The number of amides is 1. The Hall–Kier alpha value is -1.65. The standard InChI is InChI=1S/C16H16ClNO2S/c17-14-8-4-5-9-15(14)18-16(19)12-21-11-10-20-13-6-2-1-3-7-13/h1-9H,10-12H2,(H,18,19). The first-order valence-corrected chi connectivity index (χ1v) is 8.09. The zero-order valence-corrected chi connectivity index (χ0v) is 13.0. The summed E-state index contributed by atoms with van der Waals surface area (Å²) in [5.41, 5.74) is 0.644. The van der Waals surface area contributed by atoms with E-state index in [-0.39, 0.29) is 5.91 Å². The predicted octanol–water partition coefficient (Wildman–Crippen LogP) is 4.09. The van der Waals surface area contributed by atoms with Crippen LogP contribution in [0.1, 0.15) is 0 Å². The molecule has 2 aromatic carbocycles. The molecule has 0 saturated heterocycles. The molecule has 0 heterocycles. The van der Waals surface area contributed by atoms with Gasteiger partial charge in [0.2, 0.25) is 5.91 Å². The maximum Gasteiger partial charge on any atom is 0.234 e. The molecule has 5 heteroatoms. The van der Waals surface area contributed by atoms with Crippen LogP contribution in [-0.2, 0) is 4.79 Å². The fourth-order valence-electron chi connectivity index (χ4n) is 1.65. The van der Waals surface area contributed by atoms with E-state index in [1.165, 1.54) is 11.8 Å². The highest BCUT2D eigenvalue weighted by Crippen LogP contribution is 2.20. The van der Waals surface area contributed by atoms with Gasteiger partial charge >= 0.3 is 0 Å². The van der Waals surface area contributed by atoms with Gasteiger partial charge in [-0.1, -0.05) is 41.9 Å². The number of halogens is 1. The van der Waals surface area contributed by atoms with Gasteiger partial charge < -0.3 is 10.1 Å². The minimum absolute atomic E-state index is 0.0622. The highest BCUT2D eigenvalue weighted by atomic mass is 35.5. The highest BCUT2D eigenvalue weighted by molar-refractivity contribution is 7.99. The van der Waals surface area contributed by atoms with E-state index < -0.39 is 0 Å². The van der Waals surface area contributed by atoms with Crippen molar-refractivity contribution in [3.05, 3.63) is 59.6 Å². The van der Waals surface area contributed by atoms with E-state index in [9.17, 15) is 4.79 Å². The zero-order valence-electron chi connectivity index (χ0n) is 11.4. The van der Waals surface area contributed by atoms with Gasteiger partial charge in [-0.2, -0.15) is 0 Å². The van der Waals surface area contributed by atoms with E-state index in [1.807, 2.05) is 42.5 Å². The topological polar surface area (TPSA) is 38.3 Å². The van der Waals surface area contributed by atoms with Crippen LogP contribution in [-0.4, -0.2) is 24.0 Å². The summed E-state index contributed by atoms with van der Waals surface area (Å²) in [7, 11) is 0. The number of carbonyl (C=O) groups excluding carboxylic acids is 1. The first-order chi connectivity index (χ1) is 10.3. The van der Waals surface area contributed by atoms with Gasteiger partial charge in [-0.25, -0.2) is 0 Å². The number of ether oxygens (including phenoxy) is 1. The van der Waals surface area contributed by atoms with E-state index in [0.29, 0.717) is 23.1 Å². The highest BCUT2D eigenvalue weighted by Gasteiger charge is 2.05. The lowest BCUT2D eigenvalue weighted by Crippen LogP contribution is -2.15. The van der Waals surface area contributed by atoms with Gasteiger partial charge in [0.25, 0.3) is 0 Å². The normalized spacial score (nSPS) is 10.1. The van der Waals surface area contributed by atoms with Crippen molar-refractivity contribution in [1.29, 1.82) is 0 Å². The number of thioether (sulfide) groups is 1. The van der Waals surface area contributed by atoms with Crippen molar-refractivity contribution in [3.8, 4) is 5.75 Å². The van der Waals surface area contributed by atoms with E-state index in [2.05, 4.69) is 5.32 Å². The van der Waals surface area contributed by atoms with Crippen LogP contribution in [0.5, 0.6) is 5.75 Å². The van der Waals surface area contributed by atoms with Gasteiger partial charge in [0.05, 0.1) is 23.1 Å². The second kappa shape index (κ2) is 8.60. The Kier molecular flexibility index (Phi) is 6.44. The van der Waals surface area contributed by atoms with Crippen LogP contribution in [0.15, 0.2) is 54.6 Å².